The molecule has 6 atom stereocenters. The molecule has 0 spiro atoms. The smallest absolute Gasteiger partial charge is 0.308 e. The molecule has 1 aromatic carbocycles. The largest absolute Gasteiger partial charge is 0.504 e. The van der Waals surface area contributed by atoms with Crippen LogP contribution in [0, 0.1) is 11.3 Å². The summed E-state index contributed by atoms with van der Waals surface area (Å²) in [7, 11) is 0. The van der Waals surface area contributed by atoms with Crippen molar-refractivity contribution in [3.05, 3.63) is 34.9 Å². The van der Waals surface area contributed by atoms with Gasteiger partial charge in [-0.15, -0.1) is 6.58 Å². The van der Waals surface area contributed by atoms with Gasteiger partial charge in [0.1, 0.15) is 12.7 Å². The van der Waals surface area contributed by atoms with E-state index in [1.807, 2.05) is 6.92 Å². The zero-order valence-corrected chi connectivity index (χ0v) is 20.4. The second-order valence-corrected chi connectivity index (χ2v) is 10.7. The first-order chi connectivity index (χ1) is 15.9. The number of carbonyl (C=O) groups excluding carboxylic acids is 2. The first-order valence-corrected chi connectivity index (χ1v) is 11.7. The molecule has 1 aromatic rings. The van der Waals surface area contributed by atoms with Gasteiger partial charge in [0.15, 0.2) is 11.5 Å². The van der Waals surface area contributed by atoms with Gasteiger partial charge in [-0.25, -0.2) is 0 Å². The Hall–Kier alpha value is -2.58. The summed E-state index contributed by atoms with van der Waals surface area (Å²) in [4.78, 5) is 24.3. The molecule has 8 heteroatoms. The number of aliphatic hydroxyl groups excluding tert-OH is 1. The summed E-state index contributed by atoms with van der Waals surface area (Å²) >= 11 is 0. The van der Waals surface area contributed by atoms with Crippen molar-refractivity contribution in [3.63, 3.8) is 0 Å². The number of esters is 2. The summed E-state index contributed by atoms with van der Waals surface area (Å²) < 4.78 is 17.5. The van der Waals surface area contributed by atoms with Gasteiger partial charge in [-0.05, 0) is 30.9 Å². The van der Waals surface area contributed by atoms with Crippen molar-refractivity contribution in [2.45, 2.75) is 77.1 Å². The minimum Gasteiger partial charge on any atom is -0.504 e. The number of aromatic hydroxyl groups is 2. The van der Waals surface area contributed by atoms with E-state index in [2.05, 4.69) is 6.58 Å². The molecule has 0 amide bonds. The van der Waals surface area contributed by atoms with Gasteiger partial charge in [0.25, 0.3) is 0 Å². The third kappa shape index (κ3) is 3.50. The third-order valence-corrected chi connectivity index (χ3v) is 7.86. The Morgan fingerprint density at radius 3 is 2.47 bits per heavy atom. The number of hydrogen-bond acceptors (Lipinski definition) is 8. The minimum absolute atomic E-state index is 0.147. The highest BCUT2D eigenvalue weighted by atomic mass is 16.6. The maximum absolute atomic E-state index is 12.3. The lowest BCUT2D eigenvalue weighted by molar-refractivity contribution is -0.159. The first kappa shape index (κ1) is 24.5. The molecule has 3 N–H and O–H groups in total. The number of benzene rings is 1. The fourth-order valence-corrected chi connectivity index (χ4v) is 5.80. The van der Waals surface area contributed by atoms with E-state index in [1.54, 1.807) is 26.8 Å². The zero-order valence-electron chi connectivity index (χ0n) is 20.4. The first-order valence-electron chi connectivity index (χ1n) is 11.7. The van der Waals surface area contributed by atoms with Gasteiger partial charge >= 0.3 is 11.9 Å². The van der Waals surface area contributed by atoms with Crippen molar-refractivity contribution in [3.8, 4) is 11.5 Å². The second-order valence-electron chi connectivity index (χ2n) is 10.7. The predicted molar refractivity (Wildman–Crippen MR) is 122 cm³/mol. The lowest BCUT2D eigenvalue weighted by Crippen LogP contribution is -2.51. The second kappa shape index (κ2) is 8.27. The molecule has 0 saturated heterocycles. The van der Waals surface area contributed by atoms with Crippen LogP contribution in [0.3, 0.4) is 0 Å². The van der Waals surface area contributed by atoms with Crippen molar-refractivity contribution in [2.24, 2.45) is 11.3 Å². The maximum atomic E-state index is 12.3. The SMILES string of the molecule is C=C[C@]1(C)C[C@H]2OC[C@H]3C[C@H](OC(C)=O)[C@](C)(COC(=O)C(C)C)c4c(O)c(O)c(c2c43)[C@@H]1O. The highest BCUT2D eigenvalue weighted by Gasteiger charge is 2.55. The van der Waals surface area contributed by atoms with Crippen LogP contribution < -0.4 is 0 Å². The van der Waals surface area contributed by atoms with Crippen LogP contribution in [0.25, 0.3) is 0 Å². The molecule has 1 heterocycles. The molecule has 3 aliphatic rings. The monoisotopic (exact) mass is 474 g/mol. The molecule has 0 fully saturated rings. The molecule has 0 radical (unpaired) electrons. The third-order valence-electron chi connectivity index (χ3n) is 7.86. The highest BCUT2D eigenvalue weighted by molar-refractivity contribution is 5.72. The molecule has 0 bridgehead atoms. The molecular weight excluding hydrogens is 440 g/mol. The van der Waals surface area contributed by atoms with Crippen LogP contribution in [0.2, 0.25) is 0 Å². The molecule has 2 aliphatic carbocycles. The van der Waals surface area contributed by atoms with E-state index in [0.29, 0.717) is 30.6 Å². The van der Waals surface area contributed by atoms with Gasteiger partial charge in [-0.1, -0.05) is 26.8 Å². The molecule has 186 valence electrons. The molecule has 34 heavy (non-hydrogen) atoms. The fraction of sp³-hybridized carbons (Fsp3) is 0.615. The molecule has 0 unspecified atom stereocenters. The van der Waals surface area contributed by atoms with Gasteiger partial charge in [0.2, 0.25) is 0 Å². The molecule has 4 rings (SSSR count). The van der Waals surface area contributed by atoms with E-state index in [0.717, 1.165) is 5.56 Å². The summed E-state index contributed by atoms with van der Waals surface area (Å²) in [5.74, 6) is -2.34. The predicted octanol–water partition coefficient (Wildman–Crippen LogP) is 3.67. The average Bonchev–Trinajstić information content (AvgIpc) is 2.77. The summed E-state index contributed by atoms with van der Waals surface area (Å²) in [5.41, 5.74) is 0.185. The van der Waals surface area contributed by atoms with Crippen molar-refractivity contribution >= 4 is 11.9 Å². The van der Waals surface area contributed by atoms with Crippen LogP contribution in [0.15, 0.2) is 12.7 Å². The number of phenols is 2. The normalized spacial score (nSPS) is 33.7. The number of carbonyl (C=O) groups is 2. The Morgan fingerprint density at radius 1 is 1.21 bits per heavy atom. The van der Waals surface area contributed by atoms with E-state index in [4.69, 9.17) is 14.2 Å². The van der Waals surface area contributed by atoms with Crippen LogP contribution in [-0.2, 0) is 29.2 Å². The van der Waals surface area contributed by atoms with Crippen LogP contribution in [0.1, 0.15) is 87.8 Å². The van der Waals surface area contributed by atoms with Crippen molar-refractivity contribution in [1.82, 2.24) is 0 Å². The Balaban J connectivity index is 1.96. The van der Waals surface area contributed by atoms with Gasteiger partial charge in [0, 0.05) is 29.4 Å². The van der Waals surface area contributed by atoms with Gasteiger partial charge < -0.3 is 29.5 Å². The lowest BCUT2D eigenvalue weighted by Gasteiger charge is -2.51. The summed E-state index contributed by atoms with van der Waals surface area (Å²) in [5, 5.41) is 33.7. The van der Waals surface area contributed by atoms with Crippen molar-refractivity contribution < 1.29 is 39.1 Å². The summed E-state index contributed by atoms with van der Waals surface area (Å²) in [6.07, 6.45) is 0.272. The van der Waals surface area contributed by atoms with E-state index in [9.17, 15) is 24.9 Å². The maximum Gasteiger partial charge on any atom is 0.308 e. The Labute approximate surface area is 199 Å². The number of aliphatic hydroxyl groups is 1. The Kier molecular flexibility index (Phi) is 5.97. The Morgan fingerprint density at radius 2 is 1.88 bits per heavy atom. The van der Waals surface area contributed by atoms with Crippen LogP contribution >= 0.6 is 0 Å². The molecule has 8 nitrogen and oxygen atoms in total. The Bertz CT molecular complexity index is 1050. The van der Waals surface area contributed by atoms with Crippen molar-refractivity contribution in [1.29, 1.82) is 0 Å². The van der Waals surface area contributed by atoms with Crippen LogP contribution in [0.5, 0.6) is 11.5 Å². The van der Waals surface area contributed by atoms with Gasteiger partial charge in [-0.3, -0.25) is 9.59 Å². The topological polar surface area (TPSA) is 123 Å². The molecule has 1 aliphatic heterocycles. The summed E-state index contributed by atoms with van der Waals surface area (Å²) in [6, 6.07) is 0. The number of hydrogen-bond donors (Lipinski definition) is 3. The van der Waals surface area contributed by atoms with E-state index in [1.165, 1.54) is 6.92 Å². The quantitative estimate of drug-likeness (QED) is 0.336. The summed E-state index contributed by atoms with van der Waals surface area (Å²) in [6.45, 7) is 12.4. The number of rotatable bonds is 5. The molecule has 0 aromatic heterocycles. The standard InChI is InChI=1S/C26H34O8/c1-7-25(5)9-15-18-17-14(10-32-15)8-16(34-13(4)27)26(6,11-33-24(31)12(2)3)20(17)22(29)21(28)19(18)23(25)30/h7,12,14-16,23,28-30H,1,8-11H2,2-6H3/t14-,15-,16+,23+,25-,26+/m1/s1. The number of ether oxygens (including phenoxy) is 3. The van der Waals surface area contributed by atoms with Crippen molar-refractivity contribution in [2.75, 3.05) is 13.2 Å². The van der Waals surface area contributed by atoms with Crippen LogP contribution in [0.4, 0.5) is 0 Å². The number of phenolic OH excluding ortho intramolecular Hbond substituents is 2. The molecule has 0 saturated carbocycles. The molecular formula is C26H34O8. The van der Waals surface area contributed by atoms with Crippen LogP contribution in [-0.4, -0.2) is 46.6 Å². The van der Waals surface area contributed by atoms with E-state index in [-0.39, 0.29) is 24.0 Å². The van der Waals surface area contributed by atoms with Gasteiger partial charge in [0.05, 0.1) is 30.1 Å². The minimum atomic E-state index is -1.12. The average molecular weight is 475 g/mol. The van der Waals surface area contributed by atoms with Gasteiger partial charge in [-0.2, -0.15) is 0 Å². The van der Waals surface area contributed by atoms with E-state index < -0.39 is 52.6 Å². The fourth-order valence-electron chi connectivity index (χ4n) is 5.80. The zero-order chi connectivity index (χ0) is 25.2. The highest BCUT2D eigenvalue weighted by Crippen LogP contribution is 2.63. The lowest BCUT2D eigenvalue weighted by atomic mass is 9.59. The van der Waals surface area contributed by atoms with E-state index >= 15 is 0 Å².